The molecule has 1 aromatic carbocycles. The van der Waals surface area contributed by atoms with Crippen molar-refractivity contribution < 1.29 is 14.3 Å². The molecular formula is C30H41N9O3. The molecule has 0 spiro atoms. The Balaban J connectivity index is 1.13. The first-order chi connectivity index (χ1) is 20.7. The SMILES string of the molecule is O=C1CCCN1CCn1cnc2c(Nc3ccc(N4CCOCC4)cc3)nc(N3CCC(N4CCOCC4)CC3)nc21. The Bertz CT molecular complexity index is 1360. The van der Waals surface area contributed by atoms with E-state index in [9.17, 15) is 4.79 Å². The van der Waals surface area contributed by atoms with Crippen LogP contribution >= 0.6 is 0 Å². The summed E-state index contributed by atoms with van der Waals surface area (Å²) in [6.45, 7) is 11.0. The number of rotatable bonds is 8. The van der Waals surface area contributed by atoms with E-state index in [2.05, 4.69) is 48.8 Å². The molecule has 6 heterocycles. The quantitative estimate of drug-likeness (QED) is 0.430. The second-order valence-electron chi connectivity index (χ2n) is 11.6. The zero-order valence-electron chi connectivity index (χ0n) is 24.3. The van der Waals surface area contributed by atoms with E-state index in [1.165, 1.54) is 5.69 Å². The van der Waals surface area contributed by atoms with Crippen molar-refractivity contribution in [2.75, 3.05) is 93.9 Å². The second-order valence-corrected chi connectivity index (χ2v) is 11.6. The maximum Gasteiger partial charge on any atom is 0.229 e. The Labute approximate surface area is 246 Å². The fourth-order valence-electron chi connectivity index (χ4n) is 6.58. The fourth-order valence-corrected chi connectivity index (χ4v) is 6.58. The Hall–Kier alpha value is -3.48. The topological polar surface area (TPSA) is 104 Å². The number of nitrogens with zero attached hydrogens (tertiary/aromatic N) is 8. The second kappa shape index (κ2) is 12.4. The summed E-state index contributed by atoms with van der Waals surface area (Å²) in [5.74, 6) is 1.68. The highest BCUT2D eigenvalue weighted by Crippen LogP contribution is 2.29. The highest BCUT2D eigenvalue weighted by atomic mass is 16.5. The molecule has 1 N–H and O–H groups in total. The first kappa shape index (κ1) is 27.4. The predicted octanol–water partition coefficient (Wildman–Crippen LogP) is 2.33. The first-order valence-corrected chi connectivity index (χ1v) is 15.5. The number of morpholine rings is 2. The third-order valence-electron chi connectivity index (χ3n) is 9.05. The first-order valence-electron chi connectivity index (χ1n) is 15.5. The number of anilines is 4. The van der Waals surface area contributed by atoms with Gasteiger partial charge in [-0.25, -0.2) is 4.98 Å². The molecule has 12 heteroatoms. The Morgan fingerprint density at radius 1 is 0.833 bits per heavy atom. The summed E-state index contributed by atoms with van der Waals surface area (Å²) in [5.41, 5.74) is 3.70. The maximum absolute atomic E-state index is 12.2. The summed E-state index contributed by atoms with van der Waals surface area (Å²) >= 11 is 0. The number of hydrogen-bond donors (Lipinski definition) is 1. The molecule has 0 radical (unpaired) electrons. The van der Waals surface area contributed by atoms with Gasteiger partial charge in [-0.15, -0.1) is 0 Å². The van der Waals surface area contributed by atoms with Crippen molar-refractivity contribution in [1.82, 2.24) is 29.3 Å². The van der Waals surface area contributed by atoms with Gasteiger partial charge in [-0.05, 0) is 43.5 Å². The lowest BCUT2D eigenvalue weighted by atomic mass is 10.0. The van der Waals surface area contributed by atoms with Crippen LogP contribution in [-0.4, -0.2) is 120 Å². The standard InChI is InChI=1S/C30H41N9O3/c40-26-2-1-9-37(26)12-13-39-22-31-27-28(32-23-3-5-24(6-4-23)35-14-18-41-19-15-35)33-30(34-29(27)39)38-10-7-25(8-11-38)36-16-20-42-21-17-36/h3-6,22,25H,1-2,7-21H2,(H,32,33,34). The van der Waals surface area contributed by atoms with E-state index in [1.807, 2.05) is 11.2 Å². The van der Waals surface area contributed by atoms with Crippen LogP contribution in [0.4, 0.5) is 23.1 Å². The Morgan fingerprint density at radius 3 is 2.29 bits per heavy atom. The molecule has 1 amide bonds. The molecule has 4 fully saturated rings. The normalized spacial score (nSPS) is 21.0. The van der Waals surface area contributed by atoms with Gasteiger partial charge in [-0.2, -0.15) is 9.97 Å². The van der Waals surface area contributed by atoms with Crippen LogP contribution < -0.4 is 15.1 Å². The monoisotopic (exact) mass is 575 g/mol. The molecule has 3 aromatic rings. The molecule has 224 valence electrons. The Kier molecular flexibility index (Phi) is 8.08. The molecule has 0 aliphatic carbocycles. The van der Waals surface area contributed by atoms with Gasteiger partial charge in [0.05, 0.1) is 32.8 Å². The van der Waals surface area contributed by atoms with Crippen molar-refractivity contribution >= 4 is 40.2 Å². The van der Waals surface area contributed by atoms with E-state index < -0.39 is 0 Å². The highest BCUT2D eigenvalue weighted by Gasteiger charge is 2.28. The summed E-state index contributed by atoms with van der Waals surface area (Å²) in [7, 11) is 0. The molecule has 7 rings (SSSR count). The van der Waals surface area contributed by atoms with Crippen LogP contribution in [0.25, 0.3) is 11.2 Å². The van der Waals surface area contributed by atoms with Crippen LogP contribution in [0.1, 0.15) is 25.7 Å². The number of imidazole rings is 1. The van der Waals surface area contributed by atoms with Crippen LogP contribution in [-0.2, 0) is 20.8 Å². The Morgan fingerprint density at radius 2 is 1.57 bits per heavy atom. The lowest BCUT2D eigenvalue weighted by molar-refractivity contribution is -0.127. The molecule has 12 nitrogen and oxygen atoms in total. The summed E-state index contributed by atoms with van der Waals surface area (Å²) in [6, 6.07) is 9.08. The third kappa shape index (κ3) is 5.88. The minimum atomic E-state index is 0.237. The molecule has 2 aromatic heterocycles. The van der Waals surface area contributed by atoms with E-state index in [0.29, 0.717) is 31.4 Å². The van der Waals surface area contributed by atoms with Crippen LogP contribution in [0.5, 0.6) is 0 Å². The number of carbonyl (C=O) groups is 1. The van der Waals surface area contributed by atoms with E-state index in [-0.39, 0.29) is 5.91 Å². The van der Waals surface area contributed by atoms with Gasteiger partial charge < -0.3 is 34.1 Å². The number of benzene rings is 1. The average molecular weight is 576 g/mol. The number of hydrogen-bond acceptors (Lipinski definition) is 10. The zero-order chi connectivity index (χ0) is 28.3. The molecule has 4 saturated heterocycles. The van der Waals surface area contributed by atoms with Crippen molar-refractivity contribution in [3.8, 4) is 0 Å². The average Bonchev–Trinajstić information content (AvgIpc) is 3.66. The van der Waals surface area contributed by atoms with Crippen molar-refractivity contribution in [3.05, 3.63) is 30.6 Å². The lowest BCUT2D eigenvalue weighted by Gasteiger charge is -2.40. The number of likely N-dealkylation sites (tertiary alicyclic amines) is 1. The van der Waals surface area contributed by atoms with Crippen LogP contribution in [0, 0.1) is 0 Å². The number of aromatic nitrogens is 4. The molecule has 0 atom stereocenters. The highest BCUT2D eigenvalue weighted by molar-refractivity contribution is 5.87. The number of piperidine rings is 1. The molecule has 42 heavy (non-hydrogen) atoms. The molecule has 0 bridgehead atoms. The number of ether oxygens (including phenoxy) is 2. The smallest absolute Gasteiger partial charge is 0.229 e. The van der Waals surface area contributed by atoms with Gasteiger partial charge in [-0.1, -0.05) is 0 Å². The fraction of sp³-hybridized carbons (Fsp3) is 0.600. The maximum atomic E-state index is 12.2. The van der Waals surface area contributed by atoms with Crippen LogP contribution in [0.2, 0.25) is 0 Å². The van der Waals surface area contributed by atoms with Gasteiger partial charge in [0, 0.05) is 82.7 Å². The van der Waals surface area contributed by atoms with Gasteiger partial charge in [0.1, 0.15) is 0 Å². The van der Waals surface area contributed by atoms with Crippen LogP contribution in [0.15, 0.2) is 30.6 Å². The lowest BCUT2D eigenvalue weighted by Crippen LogP contribution is -2.49. The van der Waals surface area contributed by atoms with Gasteiger partial charge in [0.25, 0.3) is 0 Å². The zero-order valence-corrected chi connectivity index (χ0v) is 24.3. The number of nitrogens with one attached hydrogen (secondary N) is 1. The van der Waals surface area contributed by atoms with E-state index >= 15 is 0 Å². The minimum absolute atomic E-state index is 0.237. The van der Waals surface area contributed by atoms with Gasteiger partial charge in [-0.3, -0.25) is 9.69 Å². The van der Waals surface area contributed by atoms with E-state index in [4.69, 9.17) is 24.4 Å². The summed E-state index contributed by atoms with van der Waals surface area (Å²) in [5, 5.41) is 3.55. The van der Waals surface area contributed by atoms with Crippen molar-refractivity contribution in [2.24, 2.45) is 0 Å². The van der Waals surface area contributed by atoms with E-state index in [0.717, 1.165) is 114 Å². The van der Waals surface area contributed by atoms with Crippen molar-refractivity contribution in [1.29, 1.82) is 0 Å². The van der Waals surface area contributed by atoms with Gasteiger partial charge in [0.15, 0.2) is 17.0 Å². The minimum Gasteiger partial charge on any atom is -0.379 e. The molecule has 0 saturated carbocycles. The van der Waals surface area contributed by atoms with Crippen molar-refractivity contribution in [2.45, 2.75) is 38.3 Å². The number of carbonyl (C=O) groups excluding carboxylic acids is 1. The van der Waals surface area contributed by atoms with E-state index in [1.54, 1.807) is 0 Å². The molecule has 0 unspecified atom stereocenters. The predicted molar refractivity (Wildman–Crippen MR) is 162 cm³/mol. The summed E-state index contributed by atoms with van der Waals surface area (Å²) in [6.07, 6.45) is 5.60. The third-order valence-corrected chi connectivity index (χ3v) is 9.05. The largest absolute Gasteiger partial charge is 0.379 e. The summed E-state index contributed by atoms with van der Waals surface area (Å²) in [4.78, 5) is 36.2. The molecule has 4 aliphatic heterocycles. The molecular weight excluding hydrogens is 534 g/mol. The van der Waals surface area contributed by atoms with Crippen LogP contribution in [0.3, 0.4) is 0 Å². The van der Waals surface area contributed by atoms with Gasteiger partial charge in [0.2, 0.25) is 11.9 Å². The van der Waals surface area contributed by atoms with Gasteiger partial charge >= 0.3 is 0 Å². The van der Waals surface area contributed by atoms with Crippen molar-refractivity contribution in [3.63, 3.8) is 0 Å². The molecule has 4 aliphatic rings. The number of fused-ring (bicyclic) bond motifs is 1. The summed E-state index contributed by atoms with van der Waals surface area (Å²) < 4.78 is 13.1. The number of amides is 1.